The van der Waals surface area contributed by atoms with Crippen LogP contribution in [-0.2, 0) is 5.60 Å². The summed E-state index contributed by atoms with van der Waals surface area (Å²) in [6.45, 7) is 7.87. The molecule has 1 aromatic carbocycles. The van der Waals surface area contributed by atoms with E-state index in [4.69, 9.17) is 16.3 Å². The Kier molecular flexibility index (Phi) is 6.75. The lowest BCUT2D eigenvalue weighted by Gasteiger charge is -2.33. The molecule has 0 saturated heterocycles. The zero-order chi connectivity index (χ0) is 18.5. The Morgan fingerprint density at radius 3 is 2.54 bits per heavy atom. The first-order valence-electron chi connectivity index (χ1n) is 7.44. The lowest BCUT2D eigenvalue weighted by Crippen LogP contribution is -2.41. The Hall–Kier alpha value is -1.66. The maximum absolute atomic E-state index is 13.9. The molecule has 1 rings (SSSR count). The van der Waals surface area contributed by atoms with Crippen LogP contribution in [0.25, 0.3) is 0 Å². The van der Waals surface area contributed by atoms with Crippen molar-refractivity contribution in [2.75, 3.05) is 20.7 Å². The zero-order valence-electron chi connectivity index (χ0n) is 14.3. The van der Waals surface area contributed by atoms with Crippen molar-refractivity contribution in [3.05, 3.63) is 35.9 Å². The summed E-state index contributed by atoms with van der Waals surface area (Å²) in [6.07, 6.45) is 2.39. The van der Waals surface area contributed by atoms with Crippen LogP contribution >= 0.6 is 11.6 Å². The van der Waals surface area contributed by atoms with Crippen LogP contribution in [0.5, 0.6) is 5.75 Å². The molecule has 0 spiro atoms. The van der Waals surface area contributed by atoms with Gasteiger partial charge in [0.15, 0.2) is 5.60 Å². The minimum Gasteiger partial charge on any atom is -0.496 e. The minimum atomic E-state index is -3.89. The van der Waals surface area contributed by atoms with Crippen LogP contribution in [0.4, 0.5) is 14.5 Å². The first-order chi connectivity index (χ1) is 11.1. The van der Waals surface area contributed by atoms with E-state index < -0.39 is 17.4 Å². The molecule has 0 amide bonds. The molecule has 0 aromatic heterocycles. The van der Waals surface area contributed by atoms with Gasteiger partial charge in [-0.25, -0.2) is 4.99 Å². The van der Waals surface area contributed by atoms with Gasteiger partial charge in [-0.15, -0.1) is 6.58 Å². The molecular weight excluding hydrogens is 338 g/mol. The molecule has 134 valence electrons. The lowest BCUT2D eigenvalue weighted by atomic mass is 9.88. The maximum atomic E-state index is 13.9. The fourth-order valence-corrected chi connectivity index (χ4v) is 2.32. The van der Waals surface area contributed by atoms with Crippen molar-refractivity contribution in [3.63, 3.8) is 0 Å². The number of methoxy groups -OCH3 is 1. The molecule has 0 saturated carbocycles. The van der Waals surface area contributed by atoms with E-state index in [2.05, 4.69) is 11.6 Å². The van der Waals surface area contributed by atoms with Crippen LogP contribution in [0.3, 0.4) is 0 Å². The number of halogens is 3. The molecule has 0 fully saturated rings. The number of aryl methyl sites for hydroxylation is 1. The molecule has 1 aromatic rings. The van der Waals surface area contributed by atoms with Crippen molar-refractivity contribution in [1.82, 2.24) is 4.90 Å². The van der Waals surface area contributed by atoms with Crippen LogP contribution in [-0.4, -0.2) is 42.4 Å². The van der Waals surface area contributed by atoms with Gasteiger partial charge in [0.2, 0.25) is 0 Å². The Morgan fingerprint density at radius 1 is 1.46 bits per heavy atom. The van der Waals surface area contributed by atoms with E-state index in [1.807, 2.05) is 18.9 Å². The number of hydrogen-bond acceptors (Lipinski definition) is 3. The normalized spacial score (nSPS) is 14.5. The Morgan fingerprint density at radius 2 is 2.08 bits per heavy atom. The van der Waals surface area contributed by atoms with Gasteiger partial charge in [-0.3, -0.25) is 0 Å². The highest BCUT2D eigenvalue weighted by atomic mass is 35.5. The molecule has 1 atom stereocenters. The number of aliphatic imine (C=N–C) groups is 1. The van der Waals surface area contributed by atoms with Gasteiger partial charge in [0, 0.05) is 31.6 Å². The molecule has 0 aliphatic heterocycles. The molecule has 0 heterocycles. The second-order valence-corrected chi connectivity index (χ2v) is 5.98. The summed E-state index contributed by atoms with van der Waals surface area (Å²) in [5.74, 6) is 0.0802. The summed E-state index contributed by atoms with van der Waals surface area (Å²) in [5.41, 5.74) is -1.58. The van der Waals surface area contributed by atoms with Crippen LogP contribution < -0.4 is 4.74 Å². The van der Waals surface area contributed by atoms with Gasteiger partial charge in [-0.2, -0.15) is 8.78 Å². The van der Waals surface area contributed by atoms with E-state index in [0.717, 1.165) is 6.54 Å². The van der Waals surface area contributed by atoms with Crippen molar-refractivity contribution in [1.29, 1.82) is 0 Å². The maximum Gasteiger partial charge on any atom is 0.354 e. The number of benzene rings is 1. The summed E-state index contributed by atoms with van der Waals surface area (Å²) in [5, 5.41) is 6.63. The number of ether oxygens (including phenoxy) is 1. The average molecular weight is 361 g/mol. The molecule has 24 heavy (non-hydrogen) atoms. The molecule has 0 radical (unpaired) electrons. The van der Waals surface area contributed by atoms with Gasteiger partial charge in [0.1, 0.15) is 5.75 Å². The Balaban J connectivity index is 3.48. The SMILES string of the molecule is C=CCC(O)(c1cc(C)c(N=CN(C)CC)cc1OC)C(F)(F)Cl. The molecule has 4 nitrogen and oxygen atoms in total. The van der Waals surface area contributed by atoms with Gasteiger partial charge in [0.05, 0.1) is 19.1 Å². The number of hydrogen-bond donors (Lipinski definition) is 1. The summed E-state index contributed by atoms with van der Waals surface area (Å²) in [6, 6.07) is 2.92. The predicted molar refractivity (Wildman–Crippen MR) is 93.7 cm³/mol. The van der Waals surface area contributed by atoms with Crippen LogP contribution in [0.1, 0.15) is 24.5 Å². The van der Waals surface area contributed by atoms with Gasteiger partial charge in [-0.1, -0.05) is 6.08 Å². The van der Waals surface area contributed by atoms with Crippen molar-refractivity contribution >= 4 is 23.6 Å². The van der Waals surface area contributed by atoms with E-state index in [0.29, 0.717) is 11.3 Å². The highest BCUT2D eigenvalue weighted by Crippen LogP contribution is 2.48. The van der Waals surface area contributed by atoms with Crippen molar-refractivity contribution in [2.45, 2.75) is 31.3 Å². The van der Waals surface area contributed by atoms with E-state index >= 15 is 0 Å². The quantitative estimate of drug-likeness (QED) is 0.327. The summed E-state index contributed by atoms with van der Waals surface area (Å²) >= 11 is 5.17. The molecular formula is C17H23ClF2N2O2. The molecule has 0 aliphatic carbocycles. The Labute approximate surface area is 146 Å². The number of aliphatic hydroxyl groups is 1. The van der Waals surface area contributed by atoms with Crippen LogP contribution in [0.2, 0.25) is 0 Å². The summed E-state index contributed by atoms with van der Waals surface area (Å²) < 4.78 is 32.9. The topological polar surface area (TPSA) is 45.1 Å². The molecule has 0 aliphatic rings. The number of rotatable bonds is 8. The predicted octanol–water partition coefficient (Wildman–Crippen LogP) is 4.21. The second kappa shape index (κ2) is 7.94. The molecule has 1 N–H and O–H groups in total. The van der Waals surface area contributed by atoms with Gasteiger partial charge in [-0.05, 0) is 37.1 Å². The van der Waals surface area contributed by atoms with E-state index in [-0.39, 0.29) is 11.3 Å². The fraction of sp³-hybridized carbons (Fsp3) is 0.471. The highest BCUT2D eigenvalue weighted by molar-refractivity contribution is 6.22. The van der Waals surface area contributed by atoms with Crippen LogP contribution in [0, 0.1) is 6.92 Å². The third-order valence-electron chi connectivity index (χ3n) is 3.77. The molecule has 0 bridgehead atoms. The third-order valence-corrected chi connectivity index (χ3v) is 4.08. The van der Waals surface area contributed by atoms with Gasteiger partial charge in [0.25, 0.3) is 0 Å². The van der Waals surface area contributed by atoms with E-state index in [1.54, 1.807) is 13.3 Å². The van der Waals surface area contributed by atoms with Crippen LogP contribution in [0.15, 0.2) is 29.8 Å². The van der Waals surface area contributed by atoms with E-state index in [1.165, 1.54) is 25.3 Å². The standard InChI is InChI=1S/C17H23ClF2N2O2/c1-6-8-16(23,17(18,19)20)13-9-12(3)14(10-15(13)24-5)21-11-22(4)7-2/h6,9-11,23H,1,7-8H2,2-5H3. The van der Waals surface area contributed by atoms with E-state index in [9.17, 15) is 13.9 Å². The molecule has 7 heteroatoms. The number of nitrogens with zero attached hydrogens (tertiary/aromatic N) is 2. The lowest BCUT2D eigenvalue weighted by molar-refractivity contribution is -0.131. The minimum absolute atomic E-state index is 0.0802. The van der Waals surface area contributed by atoms with Gasteiger partial charge < -0.3 is 14.7 Å². The Bertz CT molecular complexity index is 617. The zero-order valence-corrected chi connectivity index (χ0v) is 15.1. The van der Waals surface area contributed by atoms with Gasteiger partial charge >= 0.3 is 5.38 Å². The largest absolute Gasteiger partial charge is 0.496 e. The second-order valence-electron chi connectivity index (χ2n) is 5.51. The summed E-state index contributed by atoms with van der Waals surface area (Å²) in [4.78, 5) is 6.18. The smallest absolute Gasteiger partial charge is 0.354 e. The summed E-state index contributed by atoms with van der Waals surface area (Å²) in [7, 11) is 3.20. The average Bonchev–Trinajstić information content (AvgIpc) is 2.52. The fourth-order valence-electron chi connectivity index (χ4n) is 2.14. The third kappa shape index (κ3) is 4.24. The number of alkyl halides is 3. The van der Waals surface area contributed by atoms with Crippen molar-refractivity contribution in [2.24, 2.45) is 4.99 Å². The van der Waals surface area contributed by atoms with Crippen molar-refractivity contribution in [3.8, 4) is 5.75 Å². The first kappa shape index (κ1) is 20.4. The molecule has 1 unspecified atom stereocenters. The van der Waals surface area contributed by atoms with Crippen molar-refractivity contribution < 1.29 is 18.6 Å². The monoisotopic (exact) mass is 360 g/mol. The highest BCUT2D eigenvalue weighted by Gasteiger charge is 2.53. The first-order valence-corrected chi connectivity index (χ1v) is 7.82.